The molecule has 7 aromatic rings. The van der Waals surface area contributed by atoms with Gasteiger partial charge in [0.1, 0.15) is 11.2 Å². The third-order valence-electron chi connectivity index (χ3n) is 17.0. The van der Waals surface area contributed by atoms with Crippen LogP contribution in [-0.4, -0.2) is 0 Å². The van der Waals surface area contributed by atoms with Gasteiger partial charge >= 0.3 is 0 Å². The van der Waals surface area contributed by atoms with Gasteiger partial charge in [-0.15, -0.1) is 0 Å². The molecule has 6 aromatic carbocycles. The Morgan fingerprint density at radius 3 is 2.04 bits per heavy atom. The number of hydrogen-bond acceptors (Lipinski definition) is 2. The molecule has 6 saturated carbocycles. The molecule has 56 heavy (non-hydrogen) atoms. The predicted molar refractivity (Wildman–Crippen MR) is 228 cm³/mol. The molecule has 1 aromatic heterocycles. The summed E-state index contributed by atoms with van der Waals surface area (Å²) in [7, 11) is 0. The van der Waals surface area contributed by atoms with Crippen LogP contribution in [0.1, 0.15) is 86.5 Å². The summed E-state index contributed by atoms with van der Waals surface area (Å²) in [4.78, 5) is 2.60. The van der Waals surface area contributed by atoms with Crippen LogP contribution < -0.4 is 4.90 Å². The van der Waals surface area contributed by atoms with Crippen molar-refractivity contribution in [2.45, 2.75) is 75.0 Å². The minimum absolute atomic E-state index is 0.117. The van der Waals surface area contributed by atoms with E-state index in [1.165, 1.54) is 114 Å². The Hall–Kier alpha value is -5.08. The van der Waals surface area contributed by atoms with Gasteiger partial charge < -0.3 is 9.32 Å². The van der Waals surface area contributed by atoms with Crippen LogP contribution in [-0.2, 0) is 10.8 Å². The molecule has 8 unspecified atom stereocenters. The molecule has 8 aliphatic carbocycles. The number of furan rings is 1. The Bertz CT molecular complexity index is 2800. The molecule has 2 heteroatoms. The van der Waals surface area contributed by atoms with Crippen molar-refractivity contribution >= 4 is 39.0 Å². The lowest BCUT2D eigenvalue weighted by Gasteiger charge is -2.53. The summed E-state index contributed by atoms with van der Waals surface area (Å²) in [6.45, 7) is 0. The molecule has 0 amide bonds. The minimum Gasteiger partial charge on any atom is -0.456 e. The van der Waals surface area contributed by atoms with Crippen molar-refractivity contribution in [3.63, 3.8) is 0 Å². The summed E-state index contributed by atoms with van der Waals surface area (Å²) in [5.41, 5.74) is 18.1. The molecule has 1 heterocycles. The Labute approximate surface area is 329 Å². The first-order valence-corrected chi connectivity index (χ1v) is 21.9. The van der Waals surface area contributed by atoms with Gasteiger partial charge in [-0.3, -0.25) is 0 Å². The molecule has 0 radical (unpaired) electrons. The van der Waals surface area contributed by atoms with Crippen LogP contribution in [0.15, 0.2) is 132 Å². The van der Waals surface area contributed by atoms with Crippen molar-refractivity contribution in [2.75, 3.05) is 4.90 Å². The zero-order chi connectivity index (χ0) is 36.3. The van der Waals surface area contributed by atoms with E-state index in [2.05, 4.69) is 132 Å². The average molecular weight is 726 g/mol. The number of rotatable bonds is 3. The normalized spacial score (nSPS) is 31.0. The van der Waals surface area contributed by atoms with Gasteiger partial charge in [0.05, 0.1) is 11.1 Å². The van der Waals surface area contributed by atoms with Gasteiger partial charge in [0, 0.05) is 27.6 Å². The summed E-state index contributed by atoms with van der Waals surface area (Å²) in [5, 5.41) is 2.37. The number of benzene rings is 6. The van der Waals surface area contributed by atoms with Crippen LogP contribution in [0.2, 0.25) is 0 Å². The molecule has 0 saturated heterocycles. The summed E-state index contributed by atoms with van der Waals surface area (Å²) >= 11 is 0. The molecule has 8 atom stereocenters. The fourth-order valence-corrected chi connectivity index (χ4v) is 15.3. The van der Waals surface area contributed by atoms with Crippen LogP contribution in [0.3, 0.4) is 0 Å². The summed E-state index contributed by atoms with van der Waals surface area (Å²) in [6.07, 6.45) is 13.9. The van der Waals surface area contributed by atoms with E-state index >= 15 is 0 Å². The highest BCUT2D eigenvalue weighted by Gasteiger charge is 2.60. The molecule has 274 valence electrons. The monoisotopic (exact) mass is 725 g/mol. The fourth-order valence-electron chi connectivity index (χ4n) is 15.3. The Morgan fingerprint density at radius 2 is 1.14 bits per heavy atom. The van der Waals surface area contributed by atoms with Gasteiger partial charge in [-0.1, -0.05) is 97.8 Å². The highest BCUT2D eigenvalue weighted by Crippen LogP contribution is 2.69. The summed E-state index contributed by atoms with van der Waals surface area (Å²) in [5.74, 6) is 4.90. The molecule has 0 N–H and O–H groups in total. The molecule has 6 bridgehead atoms. The average Bonchev–Trinajstić information content (AvgIpc) is 4.03. The predicted octanol–water partition coefficient (Wildman–Crippen LogP) is 14.3. The lowest BCUT2D eigenvalue weighted by molar-refractivity contribution is 0.0618. The Balaban J connectivity index is 1.02. The second kappa shape index (κ2) is 10.9. The standard InChI is InChI=1S/C54H47NO/c1-4-11-45-40(8-1)42-22-20-39(30-48(42)53(45)31-33-17-18-35(53)26-33)55(49-13-7-15-51-52(49)43-10-3-6-14-50(43)56-51)38-21-23-47-44(29-38)41-9-2-5-12-46(41)54(47)36-19-16-32-24-34(27-36)28-37(54)25-32/h1-15,20-23,29-30,32-37H,16-19,24-28,31H2. The van der Waals surface area contributed by atoms with Crippen molar-refractivity contribution in [3.05, 3.63) is 150 Å². The number of fused-ring (bicyclic) bond motifs is 15. The minimum atomic E-state index is 0.117. The van der Waals surface area contributed by atoms with E-state index in [0.29, 0.717) is 0 Å². The lowest BCUT2D eigenvalue weighted by atomic mass is 9.51. The van der Waals surface area contributed by atoms with Gasteiger partial charge in [-0.25, -0.2) is 0 Å². The van der Waals surface area contributed by atoms with E-state index in [1.807, 2.05) is 0 Å². The maximum atomic E-state index is 6.58. The first-order chi connectivity index (χ1) is 27.7. The van der Waals surface area contributed by atoms with Gasteiger partial charge in [0.2, 0.25) is 0 Å². The SMILES string of the molecule is c1ccc2c(c1)-c1ccc(N(c3ccc4c(c3)-c3ccccc3C43C4CCC5CC(C4)CC3C5)c3cccc4oc5ccccc5c34)cc1C21CC2CCC1C2. The van der Waals surface area contributed by atoms with E-state index in [9.17, 15) is 0 Å². The third kappa shape index (κ3) is 3.76. The molecule has 2 spiro atoms. The number of para-hydroxylation sites is 1. The first kappa shape index (κ1) is 31.1. The van der Waals surface area contributed by atoms with Crippen LogP contribution in [0, 0.1) is 35.5 Å². The molecular weight excluding hydrogens is 679 g/mol. The highest BCUT2D eigenvalue weighted by molar-refractivity contribution is 6.13. The zero-order valence-electron chi connectivity index (χ0n) is 32.0. The zero-order valence-corrected chi connectivity index (χ0v) is 32.0. The van der Waals surface area contributed by atoms with Crippen molar-refractivity contribution in [2.24, 2.45) is 35.5 Å². The van der Waals surface area contributed by atoms with Crippen LogP contribution >= 0.6 is 0 Å². The summed E-state index contributed by atoms with van der Waals surface area (Å²) < 4.78 is 6.58. The second-order valence-corrected chi connectivity index (χ2v) is 19.2. The van der Waals surface area contributed by atoms with Gasteiger partial charge in [-0.05, 0) is 174 Å². The maximum Gasteiger partial charge on any atom is 0.137 e. The van der Waals surface area contributed by atoms with Gasteiger partial charge in [0.25, 0.3) is 0 Å². The van der Waals surface area contributed by atoms with E-state index in [-0.39, 0.29) is 10.8 Å². The van der Waals surface area contributed by atoms with Crippen molar-refractivity contribution in [1.29, 1.82) is 0 Å². The van der Waals surface area contributed by atoms with Crippen molar-refractivity contribution < 1.29 is 4.42 Å². The van der Waals surface area contributed by atoms with Crippen LogP contribution in [0.5, 0.6) is 0 Å². The van der Waals surface area contributed by atoms with Gasteiger partial charge in [-0.2, -0.15) is 0 Å². The Morgan fingerprint density at radius 1 is 0.464 bits per heavy atom. The smallest absolute Gasteiger partial charge is 0.137 e. The van der Waals surface area contributed by atoms with Crippen LogP contribution in [0.4, 0.5) is 17.1 Å². The number of nitrogens with zero attached hydrogens (tertiary/aromatic N) is 1. The van der Waals surface area contributed by atoms with Crippen LogP contribution in [0.25, 0.3) is 44.2 Å². The van der Waals surface area contributed by atoms with Crippen molar-refractivity contribution in [3.8, 4) is 22.3 Å². The third-order valence-corrected chi connectivity index (χ3v) is 17.0. The Kier molecular flexibility index (Phi) is 6.02. The summed E-state index contributed by atoms with van der Waals surface area (Å²) in [6, 6.07) is 49.5. The molecule has 6 fully saturated rings. The molecule has 0 aliphatic heterocycles. The second-order valence-electron chi connectivity index (χ2n) is 19.2. The largest absolute Gasteiger partial charge is 0.456 e. The molecular formula is C54H47NO. The fraction of sp³-hybridized carbons (Fsp3) is 0.333. The topological polar surface area (TPSA) is 16.4 Å². The number of hydrogen-bond donors (Lipinski definition) is 0. The molecule has 15 rings (SSSR count). The van der Waals surface area contributed by atoms with Gasteiger partial charge in [0.15, 0.2) is 0 Å². The lowest BCUT2D eigenvalue weighted by Crippen LogP contribution is -2.48. The maximum absolute atomic E-state index is 6.58. The van der Waals surface area contributed by atoms with E-state index in [4.69, 9.17) is 4.42 Å². The van der Waals surface area contributed by atoms with E-state index < -0.39 is 0 Å². The van der Waals surface area contributed by atoms with E-state index in [0.717, 1.165) is 46.7 Å². The molecule has 8 aliphatic rings. The highest BCUT2D eigenvalue weighted by atomic mass is 16.3. The number of anilines is 3. The van der Waals surface area contributed by atoms with E-state index in [1.54, 1.807) is 22.3 Å². The molecule has 2 nitrogen and oxygen atoms in total. The first-order valence-electron chi connectivity index (χ1n) is 21.9. The quantitative estimate of drug-likeness (QED) is 0.180. The van der Waals surface area contributed by atoms with Crippen molar-refractivity contribution in [1.82, 2.24) is 0 Å².